The van der Waals surface area contributed by atoms with E-state index in [1.165, 1.54) is 0 Å². The number of esters is 1. The number of anilines is 4. The number of aliphatic hydroxyl groups is 1. The number of nitrogens with one attached hydrogen (secondary N) is 4. The molecule has 3 aliphatic heterocycles. The van der Waals surface area contributed by atoms with E-state index < -0.39 is 41.3 Å². The van der Waals surface area contributed by atoms with Crippen LogP contribution in [0.25, 0.3) is 11.5 Å². The van der Waals surface area contributed by atoms with E-state index in [-0.39, 0.29) is 48.4 Å². The van der Waals surface area contributed by atoms with Gasteiger partial charge >= 0.3 is 5.97 Å². The number of rotatable bonds is 18. The van der Waals surface area contributed by atoms with E-state index in [9.17, 15) is 29.1 Å². The Morgan fingerprint density at radius 2 is 1.68 bits per heavy atom. The van der Waals surface area contributed by atoms with Crippen LogP contribution in [0.15, 0.2) is 77.3 Å². The summed E-state index contributed by atoms with van der Waals surface area (Å²) in [6.45, 7) is 4.07. The number of piperidine rings is 1. The standard InChI is InChI=1S/C45H47N9O8/c1-45(2)31-23-27(18-19-28(31)43(60)62-45)48-44-47-24-30(38(51-44)49-33(25-55)26-13-8-7-9-14-26)40-53-52-36(61-40)17-10-5-3-4-6-11-22-46-32-16-12-15-29-37(32)42(59)54(41(29)58)34-20-21-35(56)50-39(34)57/h7-9,12-16,18-19,23-24,33-34,46,55H,3-6,10-11,17,20-22,25H2,1-2H3,(H,50,56,57)(H2,47,48,49,51)/t33-,34?/m1/s1. The predicted molar refractivity (Wildman–Crippen MR) is 226 cm³/mol. The number of cyclic esters (lactones) is 1. The highest BCUT2D eigenvalue weighted by molar-refractivity contribution is 6.25. The van der Waals surface area contributed by atoms with Crippen LogP contribution in [0, 0.1) is 0 Å². The molecule has 0 bridgehead atoms. The topological polar surface area (TPSA) is 231 Å². The van der Waals surface area contributed by atoms with Crippen LogP contribution in [-0.2, 0) is 26.3 Å². The number of ether oxygens (including phenoxy) is 1. The molecule has 0 saturated carbocycles. The molecule has 5 N–H and O–H groups in total. The zero-order chi connectivity index (χ0) is 43.4. The van der Waals surface area contributed by atoms with Gasteiger partial charge in [-0.25, -0.2) is 9.78 Å². The molecule has 1 unspecified atom stereocenters. The molecule has 1 saturated heterocycles. The smallest absolute Gasteiger partial charge is 0.339 e. The van der Waals surface area contributed by atoms with Gasteiger partial charge in [-0.2, -0.15) is 4.98 Å². The summed E-state index contributed by atoms with van der Waals surface area (Å²) < 4.78 is 11.6. The molecule has 3 aliphatic rings. The molecular weight excluding hydrogens is 795 g/mol. The normalized spacial score (nSPS) is 17.0. The summed E-state index contributed by atoms with van der Waals surface area (Å²) in [4.78, 5) is 73.1. The molecule has 2 aromatic heterocycles. The first-order valence-corrected chi connectivity index (χ1v) is 20.9. The van der Waals surface area contributed by atoms with Crippen molar-refractivity contribution in [2.45, 2.75) is 89.3 Å². The molecule has 17 nitrogen and oxygen atoms in total. The average molecular weight is 842 g/mol. The molecule has 8 rings (SSSR count). The van der Waals surface area contributed by atoms with Gasteiger partial charge in [0.15, 0.2) is 0 Å². The lowest BCUT2D eigenvalue weighted by Crippen LogP contribution is -2.54. The third-order valence-electron chi connectivity index (χ3n) is 11.3. The number of benzene rings is 3. The zero-order valence-corrected chi connectivity index (χ0v) is 34.4. The summed E-state index contributed by atoms with van der Waals surface area (Å²) in [6.07, 6.45) is 7.96. The molecule has 3 aromatic carbocycles. The molecule has 17 heteroatoms. The third-order valence-corrected chi connectivity index (χ3v) is 11.3. The second kappa shape index (κ2) is 17.9. The van der Waals surface area contributed by atoms with Crippen LogP contribution in [-0.4, -0.2) is 79.0 Å². The van der Waals surface area contributed by atoms with E-state index in [4.69, 9.17) is 14.1 Å². The van der Waals surface area contributed by atoms with Crippen LogP contribution in [0.5, 0.6) is 0 Å². The molecule has 1 fully saturated rings. The third kappa shape index (κ3) is 8.74. The molecule has 0 radical (unpaired) electrons. The van der Waals surface area contributed by atoms with Gasteiger partial charge in [-0.3, -0.25) is 29.4 Å². The quantitative estimate of drug-likeness (QED) is 0.0375. The van der Waals surface area contributed by atoms with Gasteiger partial charge in [0.25, 0.3) is 17.7 Å². The molecule has 0 spiro atoms. The maximum Gasteiger partial charge on any atom is 0.339 e. The first kappa shape index (κ1) is 41.7. The van der Waals surface area contributed by atoms with E-state index >= 15 is 0 Å². The number of unbranched alkanes of at least 4 members (excludes halogenated alkanes) is 5. The molecule has 320 valence electrons. The largest absolute Gasteiger partial charge is 0.451 e. The minimum atomic E-state index is -1.01. The summed E-state index contributed by atoms with van der Waals surface area (Å²) >= 11 is 0. The Kier molecular flexibility index (Phi) is 12.1. The van der Waals surface area contributed by atoms with Gasteiger partial charge in [0.1, 0.15) is 17.5 Å². The number of nitrogens with zero attached hydrogens (tertiary/aromatic N) is 5. The lowest BCUT2D eigenvalue weighted by Gasteiger charge is -2.27. The first-order chi connectivity index (χ1) is 30.0. The highest BCUT2D eigenvalue weighted by atomic mass is 16.6. The molecular formula is C45H47N9O8. The monoisotopic (exact) mass is 841 g/mol. The summed E-state index contributed by atoms with van der Waals surface area (Å²) in [5.74, 6) is -1.10. The Morgan fingerprint density at radius 3 is 2.47 bits per heavy atom. The van der Waals surface area contributed by atoms with Gasteiger partial charge in [0.2, 0.25) is 23.7 Å². The fourth-order valence-corrected chi connectivity index (χ4v) is 8.02. The molecule has 5 aromatic rings. The van der Waals surface area contributed by atoms with Crippen molar-refractivity contribution >= 4 is 52.7 Å². The molecule has 62 heavy (non-hydrogen) atoms. The number of aromatic nitrogens is 4. The fraction of sp³-hybridized carbons (Fsp3) is 0.356. The SMILES string of the molecule is CC1(C)OC(=O)c2ccc(Nc3ncc(-c4nnc(CCCCCCCCNc5cccc6c5C(=O)N(C5CCC(=O)NC5=O)C6=O)o4)c(N[C@H](CO)c4ccccc4)n3)cc21. The summed E-state index contributed by atoms with van der Waals surface area (Å²) in [7, 11) is 0. The second-order valence-electron chi connectivity index (χ2n) is 16.0. The van der Waals surface area contributed by atoms with Crippen LogP contribution in [0.3, 0.4) is 0 Å². The number of carbonyl (C=O) groups excluding carboxylic acids is 5. The molecule has 5 heterocycles. The van der Waals surface area contributed by atoms with Gasteiger partial charge in [-0.05, 0) is 69.0 Å². The summed E-state index contributed by atoms with van der Waals surface area (Å²) in [6, 6.07) is 18.4. The summed E-state index contributed by atoms with van der Waals surface area (Å²) in [5.41, 5.74) is 3.55. The van der Waals surface area contributed by atoms with Crippen molar-refractivity contribution in [3.05, 3.63) is 107 Å². The van der Waals surface area contributed by atoms with Gasteiger partial charge < -0.3 is 30.2 Å². The van der Waals surface area contributed by atoms with E-state index in [0.29, 0.717) is 47.2 Å². The van der Waals surface area contributed by atoms with Crippen molar-refractivity contribution < 1.29 is 38.2 Å². The Labute approximate surface area is 357 Å². The number of imide groups is 2. The number of fused-ring (bicyclic) bond motifs is 2. The fourth-order valence-electron chi connectivity index (χ4n) is 8.02. The minimum absolute atomic E-state index is 0.0683. The van der Waals surface area contributed by atoms with Crippen LogP contribution < -0.4 is 21.3 Å². The molecule has 4 amide bonds. The highest BCUT2D eigenvalue weighted by Gasteiger charge is 2.45. The number of carbonyl (C=O) groups is 5. The van der Waals surface area contributed by atoms with Gasteiger partial charge in [0.05, 0.1) is 34.9 Å². The van der Waals surface area contributed by atoms with Crippen molar-refractivity contribution in [1.82, 2.24) is 30.4 Å². The average Bonchev–Trinajstić information content (AvgIpc) is 3.90. The Balaban J connectivity index is 0.835. The number of hydrogen-bond acceptors (Lipinski definition) is 15. The van der Waals surface area contributed by atoms with Crippen molar-refractivity contribution in [1.29, 1.82) is 0 Å². The zero-order valence-electron chi connectivity index (χ0n) is 34.4. The van der Waals surface area contributed by atoms with Crippen LogP contribution >= 0.6 is 0 Å². The Morgan fingerprint density at radius 1 is 0.887 bits per heavy atom. The van der Waals surface area contributed by atoms with Crippen LogP contribution in [0.4, 0.5) is 23.1 Å². The Hall–Kier alpha value is -7.01. The number of aryl methyl sites for hydroxylation is 1. The van der Waals surface area contributed by atoms with Crippen LogP contribution in [0.1, 0.15) is 119 Å². The first-order valence-electron chi connectivity index (χ1n) is 20.9. The number of hydrogen-bond donors (Lipinski definition) is 5. The predicted octanol–water partition coefficient (Wildman–Crippen LogP) is 6.22. The van der Waals surface area contributed by atoms with Gasteiger partial charge in [-0.1, -0.05) is 62.1 Å². The minimum Gasteiger partial charge on any atom is -0.451 e. The van der Waals surface area contributed by atoms with Gasteiger partial charge in [0, 0.05) is 42.5 Å². The molecule has 0 aliphatic carbocycles. The maximum atomic E-state index is 13.4. The lowest BCUT2D eigenvalue weighted by atomic mass is 9.95. The maximum absolute atomic E-state index is 13.4. The van der Waals surface area contributed by atoms with Crippen molar-refractivity contribution in [3.8, 4) is 11.5 Å². The molecule has 2 atom stereocenters. The highest BCUT2D eigenvalue weighted by Crippen LogP contribution is 2.38. The van der Waals surface area contributed by atoms with Crippen LogP contribution in [0.2, 0.25) is 0 Å². The lowest BCUT2D eigenvalue weighted by molar-refractivity contribution is -0.136. The van der Waals surface area contributed by atoms with Crippen molar-refractivity contribution in [3.63, 3.8) is 0 Å². The number of amides is 4. The van der Waals surface area contributed by atoms with Gasteiger partial charge in [-0.15, -0.1) is 10.2 Å². The second-order valence-corrected chi connectivity index (χ2v) is 16.0. The van der Waals surface area contributed by atoms with E-state index in [2.05, 4.69) is 36.4 Å². The van der Waals surface area contributed by atoms with E-state index in [1.54, 1.807) is 36.5 Å². The Bertz CT molecular complexity index is 2520. The summed E-state index contributed by atoms with van der Waals surface area (Å²) in [5, 5.41) is 31.1. The number of aliphatic hydroxyl groups excluding tert-OH is 1. The van der Waals surface area contributed by atoms with E-state index in [0.717, 1.165) is 54.6 Å². The van der Waals surface area contributed by atoms with Crippen molar-refractivity contribution in [2.24, 2.45) is 0 Å². The van der Waals surface area contributed by atoms with E-state index in [1.807, 2.05) is 50.2 Å². The van der Waals surface area contributed by atoms with Crippen molar-refractivity contribution in [2.75, 3.05) is 29.1 Å².